The fraction of sp³-hybridized carbons (Fsp3) is 0.429. The molecule has 21 heavy (non-hydrogen) atoms. The summed E-state index contributed by atoms with van der Waals surface area (Å²) < 4.78 is 15.7. The van der Waals surface area contributed by atoms with Gasteiger partial charge >= 0.3 is 0 Å². The highest BCUT2D eigenvalue weighted by Crippen LogP contribution is 2.27. The predicted molar refractivity (Wildman–Crippen MR) is 79.2 cm³/mol. The van der Waals surface area contributed by atoms with E-state index in [1.54, 1.807) is 0 Å². The summed E-state index contributed by atoms with van der Waals surface area (Å²) in [7, 11) is 3.08. The van der Waals surface area contributed by atoms with Crippen molar-refractivity contribution in [3.63, 3.8) is 0 Å². The first-order chi connectivity index (χ1) is 10.2. The van der Waals surface area contributed by atoms with E-state index < -0.39 is 6.29 Å². The number of thiophene rings is 1. The number of carbonyl (C=O) groups is 1. The summed E-state index contributed by atoms with van der Waals surface area (Å²) >= 11 is 1.49. The highest BCUT2D eigenvalue weighted by Gasteiger charge is 2.25. The van der Waals surface area contributed by atoms with Crippen molar-refractivity contribution in [2.75, 3.05) is 14.2 Å². The Morgan fingerprint density at radius 2 is 2.24 bits per heavy atom. The van der Waals surface area contributed by atoms with E-state index in [1.165, 1.54) is 32.0 Å². The molecule has 1 amide bonds. The average molecular weight is 310 g/mol. The van der Waals surface area contributed by atoms with Gasteiger partial charge in [0.1, 0.15) is 0 Å². The minimum Gasteiger partial charge on any atom is -0.442 e. The number of nitrogens with one attached hydrogen (secondary N) is 1. The van der Waals surface area contributed by atoms with E-state index in [0.29, 0.717) is 12.2 Å². The van der Waals surface area contributed by atoms with Gasteiger partial charge in [-0.05, 0) is 17.9 Å². The van der Waals surface area contributed by atoms with E-state index in [0.717, 1.165) is 4.88 Å². The molecule has 0 radical (unpaired) electrons. The van der Waals surface area contributed by atoms with Gasteiger partial charge in [-0.25, -0.2) is 4.98 Å². The topological polar surface area (TPSA) is 73.6 Å². The molecule has 0 aromatic carbocycles. The largest absolute Gasteiger partial charge is 0.442 e. The maximum absolute atomic E-state index is 12.4. The molecule has 2 heterocycles. The van der Waals surface area contributed by atoms with Gasteiger partial charge in [0.05, 0.1) is 10.9 Å². The van der Waals surface area contributed by atoms with Gasteiger partial charge in [-0.1, -0.05) is 13.0 Å². The third kappa shape index (κ3) is 3.49. The number of oxazole rings is 1. The normalized spacial score (nSPS) is 12.6. The van der Waals surface area contributed by atoms with E-state index >= 15 is 0 Å². The standard InChI is InChI=1S/C14H18N2O4S/c1-4-9(14(18-2)19-3)16-13(17)11-12(20-8-15-11)10-6-5-7-21-10/h5-9,14H,4H2,1-3H3,(H,16,17)/t9-/m1/s1. The van der Waals surface area contributed by atoms with Crippen molar-refractivity contribution in [1.82, 2.24) is 10.3 Å². The summed E-state index contributed by atoms with van der Waals surface area (Å²) in [4.78, 5) is 17.3. The van der Waals surface area contributed by atoms with Crippen LogP contribution in [0.4, 0.5) is 0 Å². The lowest BCUT2D eigenvalue weighted by atomic mass is 10.2. The maximum Gasteiger partial charge on any atom is 0.274 e. The van der Waals surface area contributed by atoms with Crippen molar-refractivity contribution < 1.29 is 18.7 Å². The second-order valence-electron chi connectivity index (χ2n) is 4.34. The Morgan fingerprint density at radius 3 is 2.81 bits per heavy atom. The molecule has 0 aliphatic carbocycles. The van der Waals surface area contributed by atoms with Crippen LogP contribution in [0.25, 0.3) is 10.6 Å². The molecule has 7 heteroatoms. The van der Waals surface area contributed by atoms with Crippen molar-refractivity contribution in [2.45, 2.75) is 25.7 Å². The number of ether oxygens (including phenoxy) is 2. The molecule has 1 N–H and O–H groups in total. The first-order valence-electron chi connectivity index (χ1n) is 6.55. The lowest BCUT2D eigenvalue weighted by Gasteiger charge is -2.24. The smallest absolute Gasteiger partial charge is 0.274 e. The lowest BCUT2D eigenvalue weighted by molar-refractivity contribution is -0.121. The summed E-state index contributed by atoms with van der Waals surface area (Å²) in [6.45, 7) is 1.94. The Kier molecular flexibility index (Phi) is 5.49. The number of hydrogen-bond acceptors (Lipinski definition) is 6. The molecule has 114 valence electrons. The van der Waals surface area contributed by atoms with Gasteiger partial charge in [0.2, 0.25) is 0 Å². The summed E-state index contributed by atoms with van der Waals surface area (Å²) in [5, 5.41) is 4.78. The summed E-state index contributed by atoms with van der Waals surface area (Å²) in [5.41, 5.74) is 0.266. The van der Waals surface area contributed by atoms with Crippen LogP contribution in [0.5, 0.6) is 0 Å². The van der Waals surface area contributed by atoms with Gasteiger partial charge in [-0.2, -0.15) is 0 Å². The Bertz CT molecular complexity index is 563. The highest BCUT2D eigenvalue weighted by atomic mass is 32.1. The van der Waals surface area contributed by atoms with Crippen LogP contribution in [0.2, 0.25) is 0 Å². The molecule has 1 atom stereocenters. The van der Waals surface area contributed by atoms with Crippen LogP contribution < -0.4 is 5.32 Å². The SMILES string of the molecule is CC[C@@H](NC(=O)c1ncoc1-c1cccs1)C(OC)OC. The predicted octanol–water partition coefficient (Wildman–Crippen LogP) is 2.53. The number of carbonyl (C=O) groups excluding carboxylic acids is 1. The molecule has 0 bridgehead atoms. The molecular weight excluding hydrogens is 292 g/mol. The van der Waals surface area contributed by atoms with Gasteiger partial charge in [0.15, 0.2) is 24.1 Å². The molecular formula is C14H18N2O4S. The molecule has 0 spiro atoms. The summed E-state index contributed by atoms with van der Waals surface area (Å²) in [5.74, 6) is 0.168. The van der Waals surface area contributed by atoms with Crippen LogP contribution in [0.1, 0.15) is 23.8 Å². The molecule has 0 saturated carbocycles. The molecule has 0 saturated heterocycles. The Morgan fingerprint density at radius 1 is 1.48 bits per heavy atom. The average Bonchev–Trinajstić information content (AvgIpc) is 3.17. The van der Waals surface area contributed by atoms with Crippen molar-refractivity contribution in [3.8, 4) is 10.6 Å². The van der Waals surface area contributed by atoms with E-state index in [9.17, 15) is 4.79 Å². The monoisotopic (exact) mass is 310 g/mol. The van der Waals surface area contributed by atoms with Crippen molar-refractivity contribution in [3.05, 3.63) is 29.6 Å². The van der Waals surface area contributed by atoms with Crippen molar-refractivity contribution in [2.24, 2.45) is 0 Å². The molecule has 0 fully saturated rings. The quantitative estimate of drug-likeness (QED) is 0.796. The fourth-order valence-corrected chi connectivity index (χ4v) is 2.73. The number of hydrogen-bond donors (Lipinski definition) is 1. The van der Waals surface area contributed by atoms with Crippen LogP contribution >= 0.6 is 11.3 Å². The highest BCUT2D eigenvalue weighted by molar-refractivity contribution is 7.13. The zero-order valence-corrected chi connectivity index (χ0v) is 13.0. The molecule has 0 unspecified atom stereocenters. The van der Waals surface area contributed by atoms with Gasteiger partial charge in [0, 0.05) is 14.2 Å². The fourth-order valence-electron chi connectivity index (χ4n) is 2.01. The lowest BCUT2D eigenvalue weighted by Crippen LogP contribution is -2.44. The van der Waals surface area contributed by atoms with Crippen LogP contribution in [-0.4, -0.2) is 37.4 Å². The first kappa shape index (κ1) is 15.7. The van der Waals surface area contributed by atoms with E-state index in [2.05, 4.69) is 10.3 Å². The molecule has 6 nitrogen and oxygen atoms in total. The molecule has 2 aromatic heterocycles. The second-order valence-corrected chi connectivity index (χ2v) is 5.28. The molecule has 0 aliphatic rings. The molecule has 2 rings (SSSR count). The zero-order chi connectivity index (χ0) is 15.2. The van der Waals surface area contributed by atoms with Crippen LogP contribution in [0.15, 0.2) is 28.3 Å². The number of nitrogens with zero attached hydrogens (tertiary/aromatic N) is 1. The maximum atomic E-state index is 12.4. The second kappa shape index (κ2) is 7.35. The Labute approximate surface area is 127 Å². The Hall–Kier alpha value is -1.70. The number of amides is 1. The van der Waals surface area contributed by atoms with Crippen molar-refractivity contribution in [1.29, 1.82) is 0 Å². The minimum atomic E-state index is -0.504. The molecule has 0 aliphatic heterocycles. The van der Waals surface area contributed by atoms with Gasteiger partial charge in [-0.15, -0.1) is 11.3 Å². The van der Waals surface area contributed by atoms with E-state index in [1.807, 2.05) is 24.4 Å². The third-order valence-electron chi connectivity index (χ3n) is 3.08. The van der Waals surface area contributed by atoms with Gasteiger partial charge in [0.25, 0.3) is 5.91 Å². The van der Waals surface area contributed by atoms with Crippen LogP contribution in [-0.2, 0) is 9.47 Å². The van der Waals surface area contributed by atoms with E-state index in [4.69, 9.17) is 13.9 Å². The summed E-state index contributed by atoms with van der Waals surface area (Å²) in [6.07, 6.45) is 1.44. The number of aromatic nitrogens is 1. The number of rotatable bonds is 7. The van der Waals surface area contributed by atoms with E-state index in [-0.39, 0.29) is 17.6 Å². The van der Waals surface area contributed by atoms with Crippen LogP contribution in [0, 0.1) is 0 Å². The summed E-state index contributed by atoms with van der Waals surface area (Å²) in [6, 6.07) is 3.51. The van der Waals surface area contributed by atoms with Crippen LogP contribution in [0.3, 0.4) is 0 Å². The number of methoxy groups -OCH3 is 2. The zero-order valence-electron chi connectivity index (χ0n) is 12.2. The molecule has 2 aromatic rings. The first-order valence-corrected chi connectivity index (χ1v) is 7.43. The van der Waals surface area contributed by atoms with Gasteiger partial charge < -0.3 is 19.2 Å². The van der Waals surface area contributed by atoms with Gasteiger partial charge in [-0.3, -0.25) is 4.79 Å². The Balaban J connectivity index is 2.16. The third-order valence-corrected chi connectivity index (χ3v) is 3.95. The van der Waals surface area contributed by atoms with Crippen molar-refractivity contribution >= 4 is 17.2 Å². The minimum absolute atomic E-state index is 0.264.